The van der Waals surface area contributed by atoms with Gasteiger partial charge in [0.05, 0.1) is 6.04 Å². The Bertz CT molecular complexity index is 1020. The Morgan fingerprint density at radius 2 is 1.24 bits per heavy atom. The molecule has 0 saturated heterocycles. The van der Waals surface area contributed by atoms with E-state index in [0.717, 1.165) is 10.6 Å². The third kappa shape index (κ3) is 4.28. The third-order valence-corrected chi connectivity index (χ3v) is 8.88. The minimum atomic E-state index is -3.04. The predicted octanol–water partition coefficient (Wildman–Crippen LogP) is 6.11. The van der Waals surface area contributed by atoms with Crippen LogP contribution in [0.2, 0.25) is 0 Å². The SMILES string of the molecule is CC(c1ccccc1)C(NP(=O)(c1ccccc1)c1ccccc1)c1cccs1. The highest BCUT2D eigenvalue weighted by Crippen LogP contribution is 2.46. The van der Waals surface area contributed by atoms with Gasteiger partial charge in [-0.05, 0) is 41.3 Å². The molecule has 0 aliphatic heterocycles. The second kappa shape index (κ2) is 8.92. The van der Waals surface area contributed by atoms with Crippen molar-refractivity contribution in [3.63, 3.8) is 0 Å². The minimum absolute atomic E-state index is 0.0661. The first-order chi connectivity index (χ1) is 14.2. The summed E-state index contributed by atoms with van der Waals surface area (Å²) in [5.41, 5.74) is 1.23. The monoisotopic (exact) mass is 417 g/mol. The van der Waals surface area contributed by atoms with E-state index in [0.29, 0.717) is 0 Å². The first-order valence-electron chi connectivity index (χ1n) is 9.76. The molecular formula is C25H24NOPS. The molecule has 29 heavy (non-hydrogen) atoms. The molecule has 2 atom stereocenters. The molecule has 4 aromatic rings. The molecule has 0 spiro atoms. The Morgan fingerprint density at radius 3 is 1.72 bits per heavy atom. The van der Waals surface area contributed by atoms with E-state index in [4.69, 9.17) is 0 Å². The van der Waals surface area contributed by atoms with Crippen LogP contribution in [0.15, 0.2) is 109 Å². The van der Waals surface area contributed by atoms with Crippen LogP contribution in [-0.4, -0.2) is 0 Å². The van der Waals surface area contributed by atoms with Gasteiger partial charge in [-0.1, -0.05) is 79.7 Å². The van der Waals surface area contributed by atoms with E-state index in [1.165, 1.54) is 10.4 Å². The fraction of sp³-hybridized carbons (Fsp3) is 0.120. The smallest absolute Gasteiger partial charge is 0.205 e. The standard InChI is InChI=1S/C25H24NOPS/c1-20(21-12-5-2-6-13-21)25(24-18-11-19-29-24)26-28(27,22-14-7-3-8-15-22)23-16-9-4-10-17-23/h2-20,25H,1H3,(H,26,27). The van der Waals surface area contributed by atoms with Crippen LogP contribution in [0.5, 0.6) is 0 Å². The lowest BCUT2D eigenvalue weighted by molar-refractivity contribution is 0.529. The normalized spacial score (nSPS) is 13.7. The first kappa shape index (κ1) is 19.8. The second-order valence-electron chi connectivity index (χ2n) is 7.10. The van der Waals surface area contributed by atoms with Gasteiger partial charge < -0.3 is 0 Å². The van der Waals surface area contributed by atoms with Gasteiger partial charge in [0.25, 0.3) is 0 Å². The van der Waals surface area contributed by atoms with Gasteiger partial charge in [-0.15, -0.1) is 11.3 Å². The molecule has 2 unspecified atom stereocenters. The highest BCUT2D eigenvalue weighted by atomic mass is 32.1. The molecule has 4 heteroatoms. The van der Waals surface area contributed by atoms with Crippen LogP contribution < -0.4 is 15.7 Å². The molecule has 1 N–H and O–H groups in total. The van der Waals surface area contributed by atoms with E-state index in [9.17, 15) is 4.57 Å². The number of hydrogen-bond donors (Lipinski definition) is 1. The summed E-state index contributed by atoms with van der Waals surface area (Å²) in [4.78, 5) is 1.19. The highest BCUT2D eigenvalue weighted by Gasteiger charge is 2.33. The number of benzene rings is 3. The summed E-state index contributed by atoms with van der Waals surface area (Å²) in [6.45, 7) is 2.20. The van der Waals surface area contributed by atoms with E-state index >= 15 is 0 Å². The van der Waals surface area contributed by atoms with Crippen molar-refractivity contribution in [1.82, 2.24) is 5.09 Å². The van der Waals surface area contributed by atoms with Gasteiger partial charge in [-0.3, -0.25) is 9.65 Å². The summed E-state index contributed by atoms with van der Waals surface area (Å²) in [5.74, 6) is 0.163. The molecule has 0 radical (unpaired) electrons. The number of rotatable bonds is 7. The van der Waals surface area contributed by atoms with Crippen LogP contribution >= 0.6 is 18.6 Å². The van der Waals surface area contributed by atoms with Gasteiger partial charge in [-0.2, -0.15) is 0 Å². The first-order valence-corrected chi connectivity index (χ1v) is 12.3. The molecule has 4 rings (SSSR count). The van der Waals surface area contributed by atoms with Crippen molar-refractivity contribution >= 4 is 29.2 Å². The van der Waals surface area contributed by atoms with Crippen molar-refractivity contribution in [3.05, 3.63) is 119 Å². The zero-order valence-corrected chi connectivity index (χ0v) is 18.0. The molecule has 0 amide bonds. The Labute approximate surface area is 176 Å². The Hall–Kier alpha value is -2.45. The fourth-order valence-electron chi connectivity index (χ4n) is 3.61. The lowest BCUT2D eigenvalue weighted by atomic mass is 9.93. The minimum Gasteiger partial charge on any atom is -0.297 e. The molecule has 0 saturated carbocycles. The van der Waals surface area contributed by atoms with Crippen LogP contribution in [0, 0.1) is 0 Å². The molecule has 146 valence electrons. The summed E-state index contributed by atoms with van der Waals surface area (Å²) < 4.78 is 14.6. The van der Waals surface area contributed by atoms with Crippen LogP contribution in [-0.2, 0) is 4.57 Å². The van der Waals surface area contributed by atoms with Crippen molar-refractivity contribution in [1.29, 1.82) is 0 Å². The van der Waals surface area contributed by atoms with Crippen LogP contribution in [0.3, 0.4) is 0 Å². The maximum Gasteiger partial charge on any atom is 0.205 e. The maximum atomic E-state index is 14.6. The van der Waals surface area contributed by atoms with Gasteiger partial charge >= 0.3 is 0 Å². The van der Waals surface area contributed by atoms with Crippen molar-refractivity contribution in [3.8, 4) is 0 Å². The molecule has 0 aliphatic rings. The van der Waals surface area contributed by atoms with Crippen LogP contribution in [0.4, 0.5) is 0 Å². The molecule has 3 aromatic carbocycles. The zero-order chi connectivity index (χ0) is 20.1. The lowest BCUT2D eigenvalue weighted by Gasteiger charge is -2.30. The van der Waals surface area contributed by atoms with E-state index in [1.807, 2.05) is 66.7 Å². The van der Waals surface area contributed by atoms with Crippen molar-refractivity contribution in [2.75, 3.05) is 0 Å². The lowest BCUT2D eigenvalue weighted by Crippen LogP contribution is -2.32. The van der Waals surface area contributed by atoms with Gasteiger partial charge in [0.2, 0.25) is 7.29 Å². The van der Waals surface area contributed by atoms with Gasteiger partial charge in [-0.25, -0.2) is 0 Å². The number of hydrogen-bond acceptors (Lipinski definition) is 2. The number of thiophene rings is 1. The predicted molar refractivity (Wildman–Crippen MR) is 125 cm³/mol. The maximum absolute atomic E-state index is 14.6. The molecule has 0 aliphatic carbocycles. The summed E-state index contributed by atoms with van der Waals surface area (Å²) in [6.07, 6.45) is 0. The Kier molecular flexibility index (Phi) is 6.10. The second-order valence-corrected chi connectivity index (χ2v) is 10.6. The molecule has 1 aromatic heterocycles. The molecule has 0 bridgehead atoms. The van der Waals surface area contributed by atoms with Gasteiger partial charge in [0.15, 0.2) is 0 Å². The molecule has 2 nitrogen and oxygen atoms in total. The van der Waals surface area contributed by atoms with Gasteiger partial charge in [0.1, 0.15) is 0 Å². The topological polar surface area (TPSA) is 29.1 Å². The zero-order valence-electron chi connectivity index (χ0n) is 16.3. The molecule has 1 heterocycles. The van der Waals surface area contributed by atoms with Crippen molar-refractivity contribution in [2.24, 2.45) is 0 Å². The fourth-order valence-corrected chi connectivity index (χ4v) is 7.11. The van der Waals surface area contributed by atoms with E-state index in [2.05, 4.69) is 53.8 Å². The van der Waals surface area contributed by atoms with Gasteiger partial charge in [0, 0.05) is 21.4 Å². The third-order valence-electron chi connectivity index (χ3n) is 5.24. The average molecular weight is 418 g/mol. The Morgan fingerprint density at radius 1 is 0.724 bits per heavy atom. The van der Waals surface area contributed by atoms with E-state index < -0.39 is 7.29 Å². The summed E-state index contributed by atoms with van der Waals surface area (Å²) in [5, 5.41) is 7.36. The van der Waals surface area contributed by atoms with E-state index in [1.54, 1.807) is 11.3 Å². The van der Waals surface area contributed by atoms with Crippen molar-refractivity contribution < 1.29 is 4.57 Å². The molecule has 0 fully saturated rings. The number of nitrogens with one attached hydrogen (secondary N) is 1. The summed E-state index contributed by atoms with van der Waals surface area (Å²) >= 11 is 1.70. The molecular weight excluding hydrogens is 393 g/mol. The highest BCUT2D eigenvalue weighted by molar-refractivity contribution is 7.76. The quantitative estimate of drug-likeness (QED) is 0.368. The summed E-state index contributed by atoms with van der Waals surface area (Å²) in [6, 6.07) is 34.1. The van der Waals surface area contributed by atoms with E-state index in [-0.39, 0.29) is 12.0 Å². The largest absolute Gasteiger partial charge is 0.297 e. The van der Waals surface area contributed by atoms with Crippen LogP contribution in [0.1, 0.15) is 29.3 Å². The van der Waals surface area contributed by atoms with Crippen LogP contribution in [0.25, 0.3) is 0 Å². The van der Waals surface area contributed by atoms with Crippen molar-refractivity contribution in [2.45, 2.75) is 18.9 Å². The Balaban J connectivity index is 1.80. The summed E-state index contributed by atoms with van der Waals surface area (Å²) in [7, 11) is -3.04. The average Bonchev–Trinajstić information content (AvgIpc) is 3.33.